The molecule has 1 heterocycles. The highest BCUT2D eigenvalue weighted by atomic mass is 35.5. The fraction of sp³-hybridized carbons (Fsp3) is 0.273. The molecular weight excluding hydrogens is 297 g/mol. The smallest absolute Gasteiger partial charge is 0.173 e. The summed E-state index contributed by atoms with van der Waals surface area (Å²) in [5.41, 5.74) is 0.533. The van der Waals surface area contributed by atoms with Crippen molar-refractivity contribution < 1.29 is 13.5 Å². The van der Waals surface area contributed by atoms with Gasteiger partial charge in [0.25, 0.3) is 0 Å². The van der Waals surface area contributed by atoms with E-state index in [0.29, 0.717) is 10.6 Å². The predicted molar refractivity (Wildman–Crippen MR) is 71.7 cm³/mol. The lowest BCUT2D eigenvalue weighted by molar-refractivity contribution is 0.463. The molecule has 0 amide bonds. The summed E-state index contributed by atoms with van der Waals surface area (Å²) in [6, 6.07) is 2.78. The van der Waals surface area contributed by atoms with E-state index in [1.165, 1.54) is 11.5 Å². The second-order valence-electron chi connectivity index (χ2n) is 4.04. The lowest BCUT2D eigenvalue weighted by atomic mass is 10.2. The highest BCUT2D eigenvalue weighted by Gasteiger charge is 2.21. The van der Waals surface area contributed by atoms with Crippen molar-refractivity contribution in [1.29, 1.82) is 0 Å². The number of sulfone groups is 1. The summed E-state index contributed by atoms with van der Waals surface area (Å²) in [5, 5.41) is 14.5. The number of aromatic hydroxyl groups is 1. The zero-order valence-corrected chi connectivity index (χ0v) is 11.6. The minimum absolute atomic E-state index is 0.0298. The molecule has 0 spiro atoms. The standard InChI is InChI=1S/C11H11Cl2NO3S/c12-8-3-7(11(15)10(13)4-8)5-14-9-1-2-18(16,17)6-9/h1-4,9,14-15H,5-6H2. The lowest BCUT2D eigenvalue weighted by Gasteiger charge is -2.12. The van der Waals surface area contributed by atoms with Crippen molar-refractivity contribution in [1.82, 2.24) is 5.32 Å². The molecule has 0 aromatic heterocycles. The topological polar surface area (TPSA) is 66.4 Å². The van der Waals surface area contributed by atoms with E-state index in [1.54, 1.807) is 12.1 Å². The first-order chi connectivity index (χ1) is 8.37. The average molecular weight is 308 g/mol. The fourth-order valence-corrected chi connectivity index (χ4v) is 3.50. The third kappa shape index (κ3) is 3.17. The maximum Gasteiger partial charge on any atom is 0.173 e. The molecule has 0 saturated heterocycles. The maximum absolute atomic E-state index is 11.2. The Morgan fingerprint density at radius 3 is 2.72 bits per heavy atom. The molecule has 0 saturated carbocycles. The van der Waals surface area contributed by atoms with Crippen LogP contribution in [0.25, 0.3) is 0 Å². The van der Waals surface area contributed by atoms with E-state index in [9.17, 15) is 13.5 Å². The van der Waals surface area contributed by atoms with Gasteiger partial charge in [0.15, 0.2) is 9.84 Å². The van der Waals surface area contributed by atoms with Crippen molar-refractivity contribution in [3.05, 3.63) is 39.2 Å². The van der Waals surface area contributed by atoms with Crippen LogP contribution in [0.2, 0.25) is 10.0 Å². The molecule has 7 heteroatoms. The molecule has 0 fully saturated rings. The second kappa shape index (κ2) is 5.09. The molecule has 1 aromatic carbocycles. The number of rotatable bonds is 3. The number of nitrogens with one attached hydrogen (secondary N) is 1. The van der Waals surface area contributed by atoms with Crippen molar-refractivity contribution >= 4 is 33.0 Å². The molecule has 0 bridgehead atoms. The summed E-state index contributed by atoms with van der Waals surface area (Å²) in [6.45, 7) is 0.288. The number of hydrogen-bond donors (Lipinski definition) is 2. The van der Waals surface area contributed by atoms with Crippen molar-refractivity contribution in [3.63, 3.8) is 0 Å². The summed E-state index contributed by atoms with van der Waals surface area (Å²) in [4.78, 5) is 0. The van der Waals surface area contributed by atoms with Crippen LogP contribution in [-0.4, -0.2) is 25.3 Å². The van der Waals surface area contributed by atoms with Gasteiger partial charge in [-0.25, -0.2) is 8.42 Å². The third-order valence-electron chi connectivity index (χ3n) is 2.59. The zero-order chi connectivity index (χ0) is 13.3. The maximum atomic E-state index is 11.2. The van der Waals surface area contributed by atoms with Crippen LogP contribution in [0.15, 0.2) is 23.6 Å². The van der Waals surface area contributed by atoms with Crippen LogP contribution in [0.4, 0.5) is 0 Å². The monoisotopic (exact) mass is 307 g/mol. The predicted octanol–water partition coefficient (Wildman–Crippen LogP) is 2.10. The van der Waals surface area contributed by atoms with Gasteiger partial charge in [0, 0.05) is 28.6 Å². The van der Waals surface area contributed by atoms with Crippen molar-refractivity contribution in [2.75, 3.05) is 5.75 Å². The van der Waals surface area contributed by atoms with Gasteiger partial charge in [0.05, 0.1) is 10.8 Å². The second-order valence-corrected chi connectivity index (χ2v) is 6.82. The van der Waals surface area contributed by atoms with Crippen LogP contribution in [0, 0.1) is 0 Å². The Bertz CT molecular complexity index is 599. The molecule has 1 aliphatic heterocycles. The molecule has 0 radical (unpaired) electrons. The van der Waals surface area contributed by atoms with E-state index in [0.717, 1.165) is 0 Å². The molecule has 4 nitrogen and oxygen atoms in total. The van der Waals surface area contributed by atoms with E-state index < -0.39 is 9.84 Å². The molecule has 1 atom stereocenters. The number of benzene rings is 1. The van der Waals surface area contributed by atoms with Crippen LogP contribution in [0.1, 0.15) is 5.56 Å². The van der Waals surface area contributed by atoms with E-state index in [-0.39, 0.29) is 29.1 Å². The van der Waals surface area contributed by atoms with Crippen molar-refractivity contribution in [2.24, 2.45) is 0 Å². The number of phenolic OH excluding ortho intramolecular Hbond substituents is 1. The Balaban J connectivity index is 2.06. The summed E-state index contributed by atoms with van der Waals surface area (Å²) in [6.07, 6.45) is 1.58. The summed E-state index contributed by atoms with van der Waals surface area (Å²) in [7, 11) is -3.08. The van der Waals surface area contributed by atoms with Crippen LogP contribution < -0.4 is 5.32 Å². The van der Waals surface area contributed by atoms with Crippen molar-refractivity contribution in [3.8, 4) is 5.75 Å². The van der Waals surface area contributed by atoms with Crippen LogP contribution in [0.3, 0.4) is 0 Å². The lowest BCUT2D eigenvalue weighted by Crippen LogP contribution is -2.29. The Kier molecular flexibility index (Phi) is 3.87. The summed E-state index contributed by atoms with van der Waals surface area (Å²) >= 11 is 11.6. The normalized spacial score (nSPS) is 21.3. The van der Waals surface area contributed by atoms with Gasteiger partial charge in [0.1, 0.15) is 5.75 Å². The number of halogens is 2. The molecule has 0 aliphatic carbocycles. The first kappa shape index (κ1) is 13.7. The van der Waals surface area contributed by atoms with E-state index >= 15 is 0 Å². The van der Waals surface area contributed by atoms with Crippen LogP contribution in [0.5, 0.6) is 5.75 Å². The SMILES string of the molecule is O=S1(=O)C=CC(NCc2cc(Cl)cc(Cl)c2O)C1. The zero-order valence-electron chi connectivity index (χ0n) is 9.23. The van der Waals surface area contributed by atoms with Crippen molar-refractivity contribution in [2.45, 2.75) is 12.6 Å². The Labute approximate surface area is 115 Å². The quantitative estimate of drug-likeness (QED) is 0.897. The van der Waals surface area contributed by atoms with Gasteiger partial charge < -0.3 is 10.4 Å². The number of phenols is 1. The first-order valence-corrected chi connectivity index (χ1v) is 7.66. The Morgan fingerprint density at radius 1 is 1.39 bits per heavy atom. The van der Waals surface area contributed by atoms with Gasteiger partial charge in [-0.05, 0) is 12.1 Å². The minimum Gasteiger partial charge on any atom is -0.506 e. The average Bonchev–Trinajstić information content (AvgIpc) is 2.61. The summed E-state index contributed by atoms with van der Waals surface area (Å²) in [5.74, 6) is -0.0133. The van der Waals surface area contributed by atoms with Gasteiger partial charge in [-0.3, -0.25) is 0 Å². The molecule has 18 heavy (non-hydrogen) atoms. The molecule has 98 valence electrons. The summed E-state index contributed by atoms with van der Waals surface area (Å²) < 4.78 is 22.4. The molecule has 2 N–H and O–H groups in total. The van der Waals surface area contributed by atoms with Crippen LogP contribution >= 0.6 is 23.2 Å². The molecule has 2 rings (SSSR count). The van der Waals surface area contributed by atoms with E-state index in [1.807, 2.05) is 0 Å². The van der Waals surface area contributed by atoms with E-state index in [4.69, 9.17) is 23.2 Å². The minimum atomic E-state index is -3.08. The molecule has 1 unspecified atom stereocenters. The van der Waals surface area contributed by atoms with Gasteiger partial charge in [-0.15, -0.1) is 0 Å². The molecule has 1 aliphatic rings. The molecular formula is C11H11Cl2NO3S. The fourth-order valence-electron chi connectivity index (χ4n) is 1.70. The van der Waals surface area contributed by atoms with E-state index in [2.05, 4.69) is 5.32 Å². The Morgan fingerprint density at radius 2 is 2.11 bits per heavy atom. The first-order valence-electron chi connectivity index (χ1n) is 5.18. The van der Waals surface area contributed by atoms with Gasteiger partial charge in [0.2, 0.25) is 0 Å². The van der Waals surface area contributed by atoms with Gasteiger partial charge in [-0.2, -0.15) is 0 Å². The molecule has 1 aromatic rings. The Hall–Kier alpha value is -0.750. The third-order valence-corrected chi connectivity index (χ3v) is 4.49. The van der Waals surface area contributed by atoms with Gasteiger partial charge in [-0.1, -0.05) is 29.3 Å². The largest absolute Gasteiger partial charge is 0.506 e. The number of hydrogen-bond acceptors (Lipinski definition) is 4. The van der Waals surface area contributed by atoms with Crippen LogP contribution in [-0.2, 0) is 16.4 Å². The highest BCUT2D eigenvalue weighted by Crippen LogP contribution is 2.31. The van der Waals surface area contributed by atoms with Gasteiger partial charge >= 0.3 is 0 Å². The highest BCUT2D eigenvalue weighted by molar-refractivity contribution is 7.94.